The lowest BCUT2D eigenvalue weighted by molar-refractivity contribution is -0.150. The quantitative estimate of drug-likeness (QED) is 0.842. The highest BCUT2D eigenvalue weighted by atomic mass is 16.4. The number of carbonyl (C=O) groups is 2. The number of carboxylic acid groups (broad SMARTS) is 1. The first-order valence-electron chi connectivity index (χ1n) is 8.16. The predicted molar refractivity (Wildman–Crippen MR) is 77.3 cm³/mol. The van der Waals surface area contributed by atoms with Crippen molar-refractivity contribution >= 4 is 11.9 Å². The van der Waals surface area contributed by atoms with Gasteiger partial charge >= 0.3 is 5.97 Å². The Balaban J connectivity index is 1.84. The van der Waals surface area contributed by atoms with Crippen LogP contribution < -0.4 is 0 Å². The summed E-state index contributed by atoms with van der Waals surface area (Å²) in [5, 5.41) is 9.18. The summed E-state index contributed by atoms with van der Waals surface area (Å²) in [4.78, 5) is 25.3. The summed E-state index contributed by atoms with van der Waals surface area (Å²) in [5.41, 5.74) is 0. The van der Waals surface area contributed by atoms with Crippen molar-refractivity contribution < 1.29 is 14.7 Å². The molecule has 0 aromatic carbocycles. The molecule has 1 atom stereocenters. The molecule has 4 heteroatoms. The van der Waals surface area contributed by atoms with Gasteiger partial charge in [-0.2, -0.15) is 0 Å². The summed E-state index contributed by atoms with van der Waals surface area (Å²) >= 11 is 0. The van der Waals surface area contributed by atoms with Crippen LogP contribution in [0.25, 0.3) is 0 Å². The van der Waals surface area contributed by atoms with Gasteiger partial charge in [0.15, 0.2) is 0 Å². The van der Waals surface area contributed by atoms with Crippen LogP contribution in [0.2, 0.25) is 0 Å². The minimum Gasteiger partial charge on any atom is -0.480 e. The van der Waals surface area contributed by atoms with E-state index in [1.807, 2.05) is 0 Å². The van der Waals surface area contributed by atoms with Gasteiger partial charge in [0.05, 0.1) is 0 Å². The Morgan fingerprint density at radius 1 is 1.15 bits per heavy atom. The van der Waals surface area contributed by atoms with Gasteiger partial charge in [0, 0.05) is 12.5 Å². The molecule has 4 nitrogen and oxygen atoms in total. The smallest absolute Gasteiger partial charge is 0.326 e. The van der Waals surface area contributed by atoms with Crippen LogP contribution in [-0.4, -0.2) is 34.5 Å². The lowest BCUT2D eigenvalue weighted by atomic mass is 9.79. The highest BCUT2D eigenvalue weighted by Gasteiger charge is 2.38. The van der Waals surface area contributed by atoms with Crippen LogP contribution in [0.5, 0.6) is 0 Å². The van der Waals surface area contributed by atoms with Gasteiger partial charge in [-0.15, -0.1) is 0 Å². The summed E-state index contributed by atoms with van der Waals surface area (Å²) in [6.07, 6.45) is 9.46. The largest absolute Gasteiger partial charge is 0.480 e. The number of carbonyl (C=O) groups excluding carboxylic acids is 1. The number of hydrogen-bond donors (Lipinski definition) is 1. The van der Waals surface area contributed by atoms with Crippen LogP contribution >= 0.6 is 0 Å². The molecule has 20 heavy (non-hydrogen) atoms. The van der Waals surface area contributed by atoms with E-state index in [4.69, 9.17) is 0 Å². The number of rotatable bonds is 5. The minimum absolute atomic E-state index is 0.0767. The maximum absolute atomic E-state index is 12.5. The molecule has 1 aliphatic heterocycles. The highest BCUT2D eigenvalue weighted by Crippen LogP contribution is 2.34. The maximum atomic E-state index is 12.5. The van der Waals surface area contributed by atoms with Crippen molar-refractivity contribution in [3.05, 3.63) is 0 Å². The molecular weight excluding hydrogens is 254 g/mol. The van der Waals surface area contributed by atoms with Gasteiger partial charge in [-0.05, 0) is 44.4 Å². The zero-order chi connectivity index (χ0) is 14.5. The second-order valence-electron chi connectivity index (χ2n) is 6.39. The van der Waals surface area contributed by atoms with Crippen LogP contribution in [0.3, 0.4) is 0 Å². The van der Waals surface area contributed by atoms with Crippen LogP contribution in [0.4, 0.5) is 0 Å². The Morgan fingerprint density at radius 3 is 2.45 bits per heavy atom. The molecule has 1 heterocycles. The van der Waals surface area contributed by atoms with Gasteiger partial charge in [-0.3, -0.25) is 4.79 Å². The molecule has 0 radical (unpaired) electrons. The van der Waals surface area contributed by atoms with E-state index in [1.165, 1.54) is 19.3 Å². The van der Waals surface area contributed by atoms with Crippen molar-refractivity contribution in [2.45, 2.75) is 70.8 Å². The monoisotopic (exact) mass is 281 g/mol. The number of likely N-dealkylation sites (tertiary alicyclic amines) is 1. The third-order valence-electron chi connectivity index (χ3n) is 4.98. The van der Waals surface area contributed by atoms with Gasteiger partial charge < -0.3 is 10.0 Å². The number of unbranched alkanes of at least 4 members (excludes halogenated alkanes) is 1. The van der Waals surface area contributed by atoms with Crippen molar-refractivity contribution in [2.75, 3.05) is 6.54 Å². The zero-order valence-corrected chi connectivity index (χ0v) is 12.5. The average molecular weight is 281 g/mol. The SMILES string of the molecule is CCCCC1CCC(C(=O)N2CCCC2C(=O)O)CC1. The molecule has 1 unspecified atom stereocenters. The third kappa shape index (κ3) is 3.53. The van der Waals surface area contributed by atoms with Crippen LogP contribution in [-0.2, 0) is 9.59 Å². The Kier molecular flexibility index (Phi) is 5.44. The van der Waals surface area contributed by atoms with Crippen molar-refractivity contribution in [1.82, 2.24) is 4.90 Å². The van der Waals surface area contributed by atoms with E-state index < -0.39 is 12.0 Å². The van der Waals surface area contributed by atoms with Crippen LogP contribution in [0.15, 0.2) is 0 Å². The number of carboxylic acids is 1. The van der Waals surface area contributed by atoms with E-state index >= 15 is 0 Å². The van der Waals surface area contributed by atoms with Crippen molar-refractivity contribution in [3.8, 4) is 0 Å². The van der Waals surface area contributed by atoms with Crippen molar-refractivity contribution in [1.29, 1.82) is 0 Å². The number of aliphatic carboxylic acids is 1. The van der Waals surface area contributed by atoms with Crippen molar-refractivity contribution in [2.24, 2.45) is 11.8 Å². The molecule has 2 fully saturated rings. The fraction of sp³-hybridized carbons (Fsp3) is 0.875. The normalized spacial score (nSPS) is 30.4. The van der Waals surface area contributed by atoms with E-state index in [0.29, 0.717) is 13.0 Å². The maximum Gasteiger partial charge on any atom is 0.326 e. The third-order valence-corrected chi connectivity index (χ3v) is 4.98. The summed E-state index contributed by atoms with van der Waals surface area (Å²) in [6, 6.07) is -0.569. The van der Waals surface area contributed by atoms with E-state index in [1.54, 1.807) is 4.90 Å². The van der Waals surface area contributed by atoms with E-state index in [0.717, 1.165) is 38.0 Å². The zero-order valence-electron chi connectivity index (χ0n) is 12.5. The minimum atomic E-state index is -0.840. The summed E-state index contributed by atoms with van der Waals surface area (Å²) < 4.78 is 0. The summed E-state index contributed by atoms with van der Waals surface area (Å²) in [5.74, 6) is 0.122. The Morgan fingerprint density at radius 2 is 1.85 bits per heavy atom. The fourth-order valence-electron chi connectivity index (χ4n) is 3.71. The van der Waals surface area contributed by atoms with E-state index in [2.05, 4.69) is 6.92 Å². The molecule has 0 aromatic rings. The highest BCUT2D eigenvalue weighted by molar-refractivity contribution is 5.85. The van der Waals surface area contributed by atoms with Gasteiger partial charge in [-0.25, -0.2) is 4.79 Å². The second-order valence-corrected chi connectivity index (χ2v) is 6.39. The molecule has 1 amide bonds. The number of hydrogen-bond acceptors (Lipinski definition) is 2. The van der Waals surface area contributed by atoms with Gasteiger partial charge in [0.1, 0.15) is 6.04 Å². The Labute approximate surface area is 121 Å². The molecule has 0 spiro atoms. The first kappa shape index (κ1) is 15.3. The van der Waals surface area contributed by atoms with Crippen molar-refractivity contribution in [3.63, 3.8) is 0 Å². The molecular formula is C16H27NO3. The Bertz CT molecular complexity index is 348. The molecule has 0 bridgehead atoms. The predicted octanol–water partition coefficient (Wildman–Crippen LogP) is 3.06. The average Bonchev–Trinajstić information content (AvgIpc) is 2.94. The molecule has 1 N–H and O–H groups in total. The number of amides is 1. The fourth-order valence-corrected chi connectivity index (χ4v) is 3.71. The molecule has 1 aliphatic carbocycles. The van der Waals surface area contributed by atoms with E-state index in [9.17, 15) is 14.7 Å². The summed E-state index contributed by atoms with van der Waals surface area (Å²) in [7, 11) is 0. The lowest BCUT2D eigenvalue weighted by Crippen LogP contribution is -2.44. The standard InChI is InChI=1S/C16H27NO3/c1-2-3-5-12-7-9-13(10-8-12)15(18)17-11-4-6-14(17)16(19)20/h12-14H,2-11H2,1H3,(H,19,20). The first-order chi connectivity index (χ1) is 9.63. The van der Waals surface area contributed by atoms with Crippen LogP contribution in [0, 0.1) is 11.8 Å². The second kappa shape index (κ2) is 7.09. The van der Waals surface area contributed by atoms with Gasteiger partial charge in [0.2, 0.25) is 5.91 Å². The van der Waals surface area contributed by atoms with Crippen LogP contribution in [0.1, 0.15) is 64.7 Å². The summed E-state index contributed by atoms with van der Waals surface area (Å²) in [6.45, 7) is 2.85. The molecule has 0 aromatic heterocycles. The first-order valence-corrected chi connectivity index (χ1v) is 8.16. The topological polar surface area (TPSA) is 57.6 Å². The molecule has 114 valence electrons. The number of nitrogens with zero attached hydrogens (tertiary/aromatic N) is 1. The Hall–Kier alpha value is -1.06. The van der Waals surface area contributed by atoms with Gasteiger partial charge in [0.25, 0.3) is 0 Å². The van der Waals surface area contributed by atoms with E-state index in [-0.39, 0.29) is 11.8 Å². The lowest BCUT2D eigenvalue weighted by Gasteiger charge is -2.32. The molecule has 1 saturated heterocycles. The molecule has 2 aliphatic rings. The molecule has 2 rings (SSSR count). The molecule has 1 saturated carbocycles. The van der Waals surface area contributed by atoms with Gasteiger partial charge in [-0.1, -0.05) is 26.2 Å².